The third kappa shape index (κ3) is 5.12. The molecule has 0 N–H and O–H groups in total. The number of hydrogen-bond donors (Lipinski definition) is 0. The minimum Gasteiger partial charge on any atom is -0.444 e. The maximum absolute atomic E-state index is 14.3. The second-order valence-electron chi connectivity index (χ2n) is 8.82. The lowest BCUT2D eigenvalue weighted by atomic mass is 9.96. The SMILES string of the molecule is CC(C)(C)OC(=O)N1CCC(c2noc(-c3cc(N4CCOCC4)c(F)cn3)n2)CC1. The molecule has 2 aromatic rings. The van der Waals surface area contributed by atoms with Crippen molar-refractivity contribution < 1.29 is 23.2 Å². The molecule has 2 saturated heterocycles. The summed E-state index contributed by atoms with van der Waals surface area (Å²) in [6.45, 7) is 9.05. The van der Waals surface area contributed by atoms with Gasteiger partial charge in [-0.15, -0.1) is 0 Å². The molecule has 0 saturated carbocycles. The van der Waals surface area contributed by atoms with Gasteiger partial charge in [0.1, 0.15) is 11.3 Å². The average molecular weight is 433 g/mol. The van der Waals surface area contributed by atoms with Crippen LogP contribution in [0.2, 0.25) is 0 Å². The van der Waals surface area contributed by atoms with Crippen LogP contribution in [0.1, 0.15) is 45.4 Å². The second-order valence-corrected chi connectivity index (χ2v) is 8.82. The van der Waals surface area contributed by atoms with Gasteiger partial charge in [0.05, 0.1) is 25.1 Å². The minimum atomic E-state index is -0.515. The molecule has 10 heteroatoms. The predicted molar refractivity (Wildman–Crippen MR) is 110 cm³/mol. The van der Waals surface area contributed by atoms with Crippen LogP contribution >= 0.6 is 0 Å². The number of carbonyl (C=O) groups is 1. The van der Waals surface area contributed by atoms with Crippen LogP contribution in [0.25, 0.3) is 11.6 Å². The maximum Gasteiger partial charge on any atom is 0.410 e. The number of carbonyl (C=O) groups excluding carboxylic acids is 1. The molecule has 0 aromatic carbocycles. The molecule has 2 aliphatic rings. The van der Waals surface area contributed by atoms with Crippen molar-refractivity contribution >= 4 is 11.8 Å². The van der Waals surface area contributed by atoms with Crippen molar-refractivity contribution in [1.29, 1.82) is 0 Å². The molecule has 0 unspecified atom stereocenters. The van der Waals surface area contributed by atoms with Crippen LogP contribution in [0, 0.1) is 5.82 Å². The van der Waals surface area contributed by atoms with Gasteiger partial charge in [-0.3, -0.25) is 0 Å². The molecular formula is C21H28FN5O4. The summed E-state index contributed by atoms with van der Waals surface area (Å²) in [5.74, 6) is 0.534. The summed E-state index contributed by atoms with van der Waals surface area (Å²) in [7, 11) is 0. The number of ether oxygens (including phenoxy) is 2. The summed E-state index contributed by atoms with van der Waals surface area (Å²) >= 11 is 0. The highest BCUT2D eigenvalue weighted by molar-refractivity contribution is 5.68. The normalized spacial score (nSPS) is 18.3. The van der Waals surface area contributed by atoms with E-state index in [-0.39, 0.29) is 23.7 Å². The summed E-state index contributed by atoms with van der Waals surface area (Å²) in [5, 5.41) is 4.12. The molecule has 2 aromatic heterocycles. The zero-order chi connectivity index (χ0) is 22.0. The molecule has 0 spiro atoms. The molecule has 9 nitrogen and oxygen atoms in total. The molecule has 2 aliphatic heterocycles. The van der Waals surface area contributed by atoms with Gasteiger partial charge in [0, 0.05) is 32.1 Å². The predicted octanol–water partition coefficient (Wildman–Crippen LogP) is 3.22. The summed E-state index contributed by atoms with van der Waals surface area (Å²) in [5.41, 5.74) is 0.380. The van der Waals surface area contributed by atoms with Crippen LogP contribution in [-0.4, -0.2) is 71.1 Å². The monoisotopic (exact) mass is 433 g/mol. The van der Waals surface area contributed by atoms with Crippen molar-refractivity contribution in [3.05, 3.63) is 23.9 Å². The Morgan fingerprint density at radius 2 is 1.90 bits per heavy atom. The van der Waals surface area contributed by atoms with Crippen molar-refractivity contribution in [1.82, 2.24) is 20.0 Å². The number of anilines is 1. The van der Waals surface area contributed by atoms with Crippen LogP contribution in [0.5, 0.6) is 0 Å². The molecule has 0 radical (unpaired) electrons. The van der Waals surface area contributed by atoms with E-state index < -0.39 is 5.60 Å². The number of rotatable bonds is 3. The van der Waals surface area contributed by atoms with Gasteiger partial charge >= 0.3 is 6.09 Å². The standard InChI is InChI=1S/C21H28FN5O4/c1-21(2,3)30-20(28)27-6-4-14(5-7-27)18-24-19(31-25-18)16-12-17(15(22)13-23-16)26-8-10-29-11-9-26/h12-14H,4-11H2,1-3H3. The Hall–Kier alpha value is -2.75. The van der Waals surface area contributed by atoms with E-state index in [0.717, 1.165) is 0 Å². The van der Waals surface area contributed by atoms with Gasteiger partial charge in [0.2, 0.25) is 0 Å². The quantitative estimate of drug-likeness (QED) is 0.728. The molecule has 168 valence electrons. The van der Waals surface area contributed by atoms with E-state index in [4.69, 9.17) is 14.0 Å². The van der Waals surface area contributed by atoms with Crippen molar-refractivity contribution in [3.8, 4) is 11.6 Å². The van der Waals surface area contributed by atoms with Crippen molar-refractivity contribution in [2.75, 3.05) is 44.3 Å². The van der Waals surface area contributed by atoms with Gasteiger partial charge in [0.15, 0.2) is 11.6 Å². The fourth-order valence-electron chi connectivity index (χ4n) is 3.74. The highest BCUT2D eigenvalue weighted by atomic mass is 19.1. The van der Waals surface area contributed by atoms with E-state index in [1.807, 2.05) is 25.7 Å². The van der Waals surface area contributed by atoms with Crippen LogP contribution in [0.15, 0.2) is 16.8 Å². The number of aromatic nitrogens is 3. The van der Waals surface area contributed by atoms with E-state index in [0.29, 0.717) is 69.4 Å². The number of hydrogen-bond acceptors (Lipinski definition) is 8. The van der Waals surface area contributed by atoms with Gasteiger partial charge in [-0.2, -0.15) is 4.98 Å². The summed E-state index contributed by atoms with van der Waals surface area (Å²) < 4.78 is 30.5. The van der Waals surface area contributed by atoms with E-state index in [1.165, 1.54) is 6.20 Å². The summed E-state index contributed by atoms with van der Waals surface area (Å²) in [6, 6.07) is 1.64. The van der Waals surface area contributed by atoms with Gasteiger partial charge in [0.25, 0.3) is 5.89 Å². The highest BCUT2D eigenvalue weighted by Gasteiger charge is 2.30. The second kappa shape index (κ2) is 8.78. The van der Waals surface area contributed by atoms with E-state index in [2.05, 4.69) is 15.1 Å². The molecule has 0 bridgehead atoms. The molecular weight excluding hydrogens is 405 g/mol. The zero-order valence-corrected chi connectivity index (χ0v) is 18.1. The smallest absolute Gasteiger partial charge is 0.410 e. The number of nitrogens with zero attached hydrogens (tertiary/aromatic N) is 5. The maximum atomic E-state index is 14.3. The van der Waals surface area contributed by atoms with E-state index in [9.17, 15) is 9.18 Å². The Morgan fingerprint density at radius 1 is 1.19 bits per heavy atom. The third-order valence-electron chi connectivity index (χ3n) is 5.36. The Bertz CT molecular complexity index is 915. The Kier molecular flexibility index (Phi) is 6.08. The Morgan fingerprint density at radius 3 is 2.58 bits per heavy atom. The van der Waals surface area contributed by atoms with E-state index >= 15 is 0 Å². The Balaban J connectivity index is 1.42. The molecule has 2 fully saturated rings. The zero-order valence-electron chi connectivity index (χ0n) is 18.1. The van der Waals surface area contributed by atoms with Crippen LogP contribution in [0.4, 0.5) is 14.9 Å². The number of likely N-dealkylation sites (tertiary alicyclic amines) is 1. The fourth-order valence-corrected chi connectivity index (χ4v) is 3.74. The molecule has 0 aliphatic carbocycles. The molecule has 4 heterocycles. The largest absolute Gasteiger partial charge is 0.444 e. The highest BCUT2D eigenvalue weighted by Crippen LogP contribution is 2.30. The topological polar surface area (TPSA) is 93.8 Å². The van der Waals surface area contributed by atoms with E-state index in [1.54, 1.807) is 11.0 Å². The number of halogens is 1. The Labute approximate surface area is 180 Å². The van der Waals surface area contributed by atoms with Crippen molar-refractivity contribution in [3.63, 3.8) is 0 Å². The van der Waals surface area contributed by atoms with Crippen LogP contribution < -0.4 is 4.90 Å². The first-order valence-corrected chi connectivity index (χ1v) is 10.6. The summed E-state index contributed by atoms with van der Waals surface area (Å²) in [6.07, 6.45) is 2.32. The molecule has 0 atom stereocenters. The average Bonchev–Trinajstić information content (AvgIpc) is 3.24. The van der Waals surface area contributed by atoms with Crippen LogP contribution in [-0.2, 0) is 9.47 Å². The summed E-state index contributed by atoms with van der Waals surface area (Å²) in [4.78, 5) is 24.5. The lowest BCUT2D eigenvalue weighted by molar-refractivity contribution is 0.0203. The van der Waals surface area contributed by atoms with Gasteiger partial charge < -0.3 is 23.8 Å². The van der Waals surface area contributed by atoms with Crippen molar-refractivity contribution in [2.24, 2.45) is 0 Å². The molecule has 31 heavy (non-hydrogen) atoms. The first-order valence-electron chi connectivity index (χ1n) is 10.6. The van der Waals surface area contributed by atoms with Gasteiger partial charge in [-0.05, 0) is 39.7 Å². The third-order valence-corrected chi connectivity index (χ3v) is 5.36. The fraction of sp³-hybridized carbons (Fsp3) is 0.619. The first kappa shape index (κ1) is 21.5. The van der Waals surface area contributed by atoms with Crippen molar-refractivity contribution in [2.45, 2.75) is 45.1 Å². The molecule has 1 amide bonds. The van der Waals surface area contributed by atoms with Gasteiger partial charge in [-0.1, -0.05) is 5.16 Å². The minimum absolute atomic E-state index is 0.0790. The lowest BCUT2D eigenvalue weighted by Gasteiger charge is -2.32. The number of piperidine rings is 1. The number of amides is 1. The van der Waals surface area contributed by atoms with Gasteiger partial charge in [-0.25, -0.2) is 14.2 Å². The number of pyridine rings is 1. The van der Waals surface area contributed by atoms with Crippen LogP contribution in [0.3, 0.4) is 0 Å². The first-order chi connectivity index (χ1) is 14.8. The number of morpholine rings is 1. The molecule has 4 rings (SSSR count). The lowest BCUT2D eigenvalue weighted by Crippen LogP contribution is -2.41.